The van der Waals surface area contributed by atoms with Crippen molar-refractivity contribution in [2.45, 2.75) is 64.0 Å². The molecule has 0 aromatic heterocycles. The maximum atomic E-state index is 11.9. The van der Waals surface area contributed by atoms with Gasteiger partial charge in [-0.2, -0.15) is 0 Å². The second-order valence-corrected chi connectivity index (χ2v) is 6.24. The highest BCUT2D eigenvalue weighted by Gasteiger charge is 2.36. The number of hydrogen-bond acceptors (Lipinski definition) is 3. The van der Waals surface area contributed by atoms with Crippen LogP contribution in [0.4, 0.5) is 0 Å². The maximum Gasteiger partial charge on any atom is 0.321 e. The normalized spacial score (nSPS) is 28.4. The predicted molar refractivity (Wildman–Crippen MR) is 76.4 cm³/mol. The van der Waals surface area contributed by atoms with Gasteiger partial charge in [0.1, 0.15) is 6.04 Å². The minimum absolute atomic E-state index is 0.0700. The molecule has 1 saturated heterocycles. The lowest BCUT2D eigenvalue weighted by Gasteiger charge is -2.25. The van der Waals surface area contributed by atoms with Crippen molar-refractivity contribution < 1.29 is 14.7 Å². The van der Waals surface area contributed by atoms with Crippen LogP contribution in [0.2, 0.25) is 0 Å². The van der Waals surface area contributed by atoms with Gasteiger partial charge in [0.05, 0.1) is 0 Å². The van der Waals surface area contributed by atoms with Gasteiger partial charge in [-0.1, -0.05) is 26.2 Å². The third-order valence-corrected chi connectivity index (χ3v) is 4.65. The molecule has 2 unspecified atom stereocenters. The van der Waals surface area contributed by atoms with Gasteiger partial charge in [0.2, 0.25) is 5.91 Å². The molecule has 5 heteroatoms. The molecule has 2 rings (SSSR count). The molecule has 0 bridgehead atoms. The molecule has 1 saturated carbocycles. The summed E-state index contributed by atoms with van der Waals surface area (Å²) < 4.78 is 0. The van der Waals surface area contributed by atoms with Crippen molar-refractivity contribution >= 4 is 11.9 Å². The van der Waals surface area contributed by atoms with Gasteiger partial charge < -0.3 is 10.4 Å². The Morgan fingerprint density at radius 3 is 2.55 bits per heavy atom. The van der Waals surface area contributed by atoms with Crippen molar-refractivity contribution in [2.75, 3.05) is 13.1 Å². The fourth-order valence-corrected chi connectivity index (χ4v) is 3.47. The van der Waals surface area contributed by atoms with Crippen LogP contribution in [-0.4, -0.2) is 47.1 Å². The van der Waals surface area contributed by atoms with Crippen molar-refractivity contribution in [1.82, 2.24) is 10.2 Å². The number of hydrogen-bond donors (Lipinski definition) is 2. The molecule has 1 aliphatic carbocycles. The van der Waals surface area contributed by atoms with Crippen molar-refractivity contribution in [2.24, 2.45) is 5.92 Å². The first-order chi connectivity index (χ1) is 9.58. The largest absolute Gasteiger partial charge is 0.480 e. The van der Waals surface area contributed by atoms with E-state index in [-0.39, 0.29) is 11.8 Å². The van der Waals surface area contributed by atoms with Crippen LogP contribution in [0, 0.1) is 5.92 Å². The van der Waals surface area contributed by atoms with E-state index in [2.05, 4.69) is 5.32 Å². The maximum absolute atomic E-state index is 11.9. The highest BCUT2D eigenvalue weighted by Crippen LogP contribution is 2.24. The van der Waals surface area contributed by atoms with Crippen LogP contribution in [-0.2, 0) is 9.59 Å². The number of amides is 1. The van der Waals surface area contributed by atoms with Crippen molar-refractivity contribution in [3.8, 4) is 0 Å². The van der Waals surface area contributed by atoms with E-state index in [0.29, 0.717) is 19.0 Å². The van der Waals surface area contributed by atoms with Crippen LogP contribution in [0.15, 0.2) is 0 Å². The fourth-order valence-electron chi connectivity index (χ4n) is 3.47. The molecule has 5 nitrogen and oxygen atoms in total. The number of carboxylic acids is 1. The molecule has 2 N–H and O–H groups in total. The Morgan fingerprint density at radius 1 is 1.20 bits per heavy atom. The van der Waals surface area contributed by atoms with Gasteiger partial charge in [-0.3, -0.25) is 14.5 Å². The molecule has 2 atom stereocenters. The van der Waals surface area contributed by atoms with Crippen molar-refractivity contribution in [1.29, 1.82) is 0 Å². The van der Waals surface area contributed by atoms with Gasteiger partial charge in [0.15, 0.2) is 0 Å². The number of aliphatic carboxylic acids is 1. The van der Waals surface area contributed by atoms with Crippen LogP contribution in [0.25, 0.3) is 0 Å². The standard InChI is InChI=1S/C15H26N2O3/c1-11-7-9-17(14(11)15(19)20)10-8-13(18)16-12-5-3-2-4-6-12/h11-12,14H,2-10H2,1H3,(H,16,18)(H,19,20). The molecule has 1 aliphatic heterocycles. The lowest BCUT2D eigenvalue weighted by Crippen LogP contribution is -2.42. The van der Waals surface area contributed by atoms with Gasteiger partial charge >= 0.3 is 5.97 Å². The number of nitrogens with one attached hydrogen (secondary N) is 1. The number of likely N-dealkylation sites (tertiary alicyclic amines) is 1. The number of carbonyl (C=O) groups is 2. The molecule has 1 amide bonds. The summed E-state index contributed by atoms with van der Waals surface area (Å²) in [5.74, 6) is -0.516. The molecule has 0 aromatic rings. The summed E-state index contributed by atoms with van der Waals surface area (Å²) in [4.78, 5) is 25.1. The molecular formula is C15H26N2O3. The van der Waals surface area contributed by atoms with Crippen LogP contribution in [0.1, 0.15) is 51.9 Å². The topological polar surface area (TPSA) is 69.6 Å². The van der Waals surface area contributed by atoms with Gasteiger partial charge in [0, 0.05) is 19.0 Å². The highest BCUT2D eigenvalue weighted by molar-refractivity contribution is 5.77. The zero-order valence-corrected chi connectivity index (χ0v) is 12.3. The van der Waals surface area contributed by atoms with Gasteiger partial charge in [0.25, 0.3) is 0 Å². The third kappa shape index (κ3) is 3.95. The smallest absolute Gasteiger partial charge is 0.321 e. The zero-order valence-electron chi connectivity index (χ0n) is 12.3. The second kappa shape index (κ2) is 7.07. The number of rotatable bonds is 5. The monoisotopic (exact) mass is 282 g/mol. The molecule has 2 aliphatic rings. The van der Waals surface area contributed by atoms with E-state index in [9.17, 15) is 14.7 Å². The molecule has 0 aromatic carbocycles. The Balaban J connectivity index is 1.73. The van der Waals surface area contributed by atoms with Crippen LogP contribution >= 0.6 is 0 Å². The average Bonchev–Trinajstić information content (AvgIpc) is 2.79. The van der Waals surface area contributed by atoms with E-state index >= 15 is 0 Å². The Hall–Kier alpha value is -1.10. The van der Waals surface area contributed by atoms with E-state index in [1.807, 2.05) is 11.8 Å². The van der Waals surface area contributed by atoms with E-state index in [4.69, 9.17) is 0 Å². The minimum Gasteiger partial charge on any atom is -0.480 e. The van der Waals surface area contributed by atoms with E-state index in [1.165, 1.54) is 19.3 Å². The summed E-state index contributed by atoms with van der Waals surface area (Å²) in [5.41, 5.74) is 0. The van der Waals surface area contributed by atoms with Gasteiger partial charge in [-0.15, -0.1) is 0 Å². The van der Waals surface area contributed by atoms with Crippen LogP contribution in [0.5, 0.6) is 0 Å². The average molecular weight is 282 g/mol. The Labute approximate surface area is 120 Å². The summed E-state index contributed by atoms with van der Waals surface area (Å²) in [6.07, 6.45) is 7.17. The highest BCUT2D eigenvalue weighted by atomic mass is 16.4. The summed E-state index contributed by atoms with van der Waals surface area (Å²) in [5, 5.41) is 12.3. The lowest BCUT2D eigenvalue weighted by atomic mass is 9.95. The quantitative estimate of drug-likeness (QED) is 0.804. The zero-order chi connectivity index (χ0) is 14.5. The fraction of sp³-hybridized carbons (Fsp3) is 0.867. The first kappa shape index (κ1) is 15.3. The molecule has 0 spiro atoms. The third-order valence-electron chi connectivity index (χ3n) is 4.65. The molecular weight excluding hydrogens is 256 g/mol. The van der Waals surface area contributed by atoms with E-state index in [1.54, 1.807) is 0 Å². The molecule has 1 heterocycles. The van der Waals surface area contributed by atoms with Crippen LogP contribution in [0.3, 0.4) is 0 Å². The van der Waals surface area contributed by atoms with Gasteiger partial charge in [-0.05, 0) is 31.7 Å². The first-order valence-corrected chi connectivity index (χ1v) is 7.84. The summed E-state index contributed by atoms with van der Waals surface area (Å²) in [6.45, 7) is 3.32. The number of carbonyl (C=O) groups excluding carboxylic acids is 1. The predicted octanol–water partition coefficient (Wildman–Crippen LogP) is 1.62. The molecule has 20 heavy (non-hydrogen) atoms. The Kier molecular flexibility index (Phi) is 5.40. The Morgan fingerprint density at radius 2 is 1.90 bits per heavy atom. The Bertz CT molecular complexity index is 353. The lowest BCUT2D eigenvalue weighted by molar-refractivity contribution is -0.143. The van der Waals surface area contributed by atoms with Gasteiger partial charge in [-0.25, -0.2) is 0 Å². The molecule has 2 fully saturated rings. The second-order valence-electron chi connectivity index (χ2n) is 6.24. The van der Waals surface area contributed by atoms with E-state index in [0.717, 1.165) is 25.8 Å². The number of nitrogens with zero attached hydrogens (tertiary/aromatic N) is 1. The summed E-state index contributed by atoms with van der Waals surface area (Å²) in [7, 11) is 0. The van der Waals surface area contributed by atoms with Crippen molar-refractivity contribution in [3.63, 3.8) is 0 Å². The SMILES string of the molecule is CC1CCN(CCC(=O)NC2CCCCC2)C1C(=O)O. The first-order valence-electron chi connectivity index (χ1n) is 7.84. The minimum atomic E-state index is -0.761. The number of carboxylic acid groups (broad SMARTS) is 1. The van der Waals surface area contributed by atoms with E-state index < -0.39 is 12.0 Å². The summed E-state index contributed by atoms with van der Waals surface area (Å²) >= 11 is 0. The van der Waals surface area contributed by atoms with Crippen LogP contribution < -0.4 is 5.32 Å². The summed E-state index contributed by atoms with van der Waals surface area (Å²) in [6, 6.07) is -0.0819. The molecule has 0 radical (unpaired) electrons. The van der Waals surface area contributed by atoms with Crippen molar-refractivity contribution in [3.05, 3.63) is 0 Å². The molecule has 114 valence electrons.